The van der Waals surface area contributed by atoms with Crippen LogP contribution in [0.25, 0.3) is 0 Å². The molecule has 1 amide bonds. The fraction of sp³-hybridized carbons (Fsp3) is 0.625. The first-order chi connectivity index (χ1) is 14.8. The number of hydrogen-bond acceptors (Lipinski definition) is 5. The Kier molecular flexibility index (Phi) is 11.9. The van der Waals surface area contributed by atoms with Crippen molar-refractivity contribution in [2.24, 2.45) is 0 Å². The number of carbonyl (C=O) groups is 3. The quantitative estimate of drug-likeness (QED) is 0.478. The standard InChI is InChI=1S/C21H30N2O5.C3H8/c1-3-21(11-4-5-12-23(2)15-21)16-7-6-8-17(13-16)28-20(27)10-9-18(24)22-14-19(25)26;1-3-2/h6-8,13H,3-5,9-12,14-15H2,1-2H3,(H,22,24)(H,25,26);3H2,1-2H3. The second-order valence-corrected chi connectivity index (χ2v) is 8.21. The minimum Gasteiger partial charge on any atom is -0.480 e. The van der Waals surface area contributed by atoms with E-state index in [0.29, 0.717) is 5.75 Å². The SMILES string of the molecule is CCC.CCC1(c2cccc(OC(=O)CCC(=O)NCC(=O)O)c2)CCCCN(C)C1. The van der Waals surface area contributed by atoms with E-state index in [9.17, 15) is 14.4 Å². The molecule has 7 heteroatoms. The summed E-state index contributed by atoms with van der Waals surface area (Å²) in [6.45, 7) is 8.07. The Morgan fingerprint density at radius 3 is 2.52 bits per heavy atom. The second kappa shape index (κ2) is 13.8. The number of hydrogen-bond donors (Lipinski definition) is 2. The van der Waals surface area contributed by atoms with Crippen molar-refractivity contribution >= 4 is 17.8 Å². The molecule has 31 heavy (non-hydrogen) atoms. The van der Waals surface area contributed by atoms with E-state index >= 15 is 0 Å². The van der Waals surface area contributed by atoms with Crippen LogP contribution in [-0.4, -0.2) is 54.5 Å². The highest BCUT2D eigenvalue weighted by atomic mass is 16.5. The molecule has 1 aromatic rings. The monoisotopic (exact) mass is 434 g/mol. The molecular formula is C24H38N2O5. The van der Waals surface area contributed by atoms with Gasteiger partial charge in [0.2, 0.25) is 5.91 Å². The maximum atomic E-state index is 12.1. The van der Waals surface area contributed by atoms with Gasteiger partial charge in [-0.15, -0.1) is 0 Å². The van der Waals surface area contributed by atoms with Crippen molar-refractivity contribution in [2.45, 2.75) is 71.1 Å². The van der Waals surface area contributed by atoms with E-state index in [1.54, 1.807) is 6.07 Å². The van der Waals surface area contributed by atoms with Crippen molar-refractivity contribution in [3.05, 3.63) is 29.8 Å². The number of ether oxygens (including phenoxy) is 1. The maximum Gasteiger partial charge on any atom is 0.322 e. The van der Waals surface area contributed by atoms with Crippen molar-refractivity contribution in [3.63, 3.8) is 0 Å². The van der Waals surface area contributed by atoms with Gasteiger partial charge in [-0.05, 0) is 50.6 Å². The number of nitrogens with one attached hydrogen (secondary N) is 1. The minimum atomic E-state index is -1.12. The van der Waals surface area contributed by atoms with Gasteiger partial charge in [0, 0.05) is 18.4 Å². The summed E-state index contributed by atoms with van der Waals surface area (Å²) < 4.78 is 5.42. The topological polar surface area (TPSA) is 95.9 Å². The molecule has 1 aliphatic rings. The first-order valence-corrected chi connectivity index (χ1v) is 11.2. The van der Waals surface area contributed by atoms with Crippen LogP contribution >= 0.6 is 0 Å². The summed E-state index contributed by atoms with van der Waals surface area (Å²) >= 11 is 0. The zero-order valence-corrected chi connectivity index (χ0v) is 19.4. The summed E-state index contributed by atoms with van der Waals surface area (Å²) in [6, 6.07) is 7.68. The third-order valence-corrected chi connectivity index (χ3v) is 5.37. The average molecular weight is 435 g/mol. The van der Waals surface area contributed by atoms with Gasteiger partial charge in [-0.25, -0.2) is 0 Å². The molecule has 1 fully saturated rings. The zero-order chi connectivity index (χ0) is 23.3. The highest BCUT2D eigenvalue weighted by Crippen LogP contribution is 2.37. The van der Waals surface area contributed by atoms with E-state index in [-0.39, 0.29) is 18.3 Å². The highest BCUT2D eigenvalue weighted by molar-refractivity contribution is 5.84. The van der Waals surface area contributed by atoms with Crippen LogP contribution in [-0.2, 0) is 19.8 Å². The largest absolute Gasteiger partial charge is 0.480 e. The van der Waals surface area contributed by atoms with Crippen molar-refractivity contribution in [1.82, 2.24) is 10.2 Å². The predicted molar refractivity (Wildman–Crippen MR) is 121 cm³/mol. The predicted octanol–water partition coefficient (Wildman–Crippen LogP) is 3.75. The minimum absolute atomic E-state index is 0.0460. The van der Waals surface area contributed by atoms with Gasteiger partial charge in [-0.1, -0.05) is 45.7 Å². The van der Waals surface area contributed by atoms with Gasteiger partial charge in [-0.3, -0.25) is 14.4 Å². The van der Waals surface area contributed by atoms with Crippen LogP contribution in [0, 0.1) is 0 Å². The van der Waals surface area contributed by atoms with Crippen LogP contribution < -0.4 is 10.1 Å². The number of amides is 1. The molecule has 7 nitrogen and oxygen atoms in total. The van der Waals surface area contributed by atoms with Crippen molar-refractivity contribution in [1.29, 1.82) is 0 Å². The Balaban J connectivity index is 0.00000151. The molecule has 0 spiro atoms. The number of carboxylic acids is 1. The third-order valence-electron chi connectivity index (χ3n) is 5.37. The van der Waals surface area contributed by atoms with E-state index in [1.165, 1.54) is 24.8 Å². The third kappa shape index (κ3) is 9.51. The lowest BCUT2D eigenvalue weighted by atomic mass is 9.74. The molecule has 2 N–H and O–H groups in total. The van der Waals surface area contributed by atoms with Crippen molar-refractivity contribution in [3.8, 4) is 5.75 Å². The van der Waals surface area contributed by atoms with Gasteiger partial charge in [0.25, 0.3) is 0 Å². The van der Waals surface area contributed by atoms with Gasteiger partial charge in [0.1, 0.15) is 12.3 Å². The Morgan fingerprint density at radius 2 is 1.87 bits per heavy atom. The second-order valence-electron chi connectivity index (χ2n) is 8.21. The Labute approximate surface area is 186 Å². The van der Waals surface area contributed by atoms with Crippen LogP contribution in [0.5, 0.6) is 5.75 Å². The molecular weight excluding hydrogens is 396 g/mol. The number of benzene rings is 1. The molecule has 2 rings (SSSR count). The van der Waals surface area contributed by atoms with Gasteiger partial charge < -0.3 is 20.1 Å². The zero-order valence-electron chi connectivity index (χ0n) is 19.4. The lowest BCUT2D eigenvalue weighted by molar-refractivity contribution is -0.138. The number of carboxylic acid groups (broad SMARTS) is 1. The van der Waals surface area contributed by atoms with E-state index in [1.807, 2.05) is 12.1 Å². The van der Waals surface area contributed by atoms with Gasteiger partial charge in [-0.2, -0.15) is 0 Å². The molecule has 1 atom stereocenters. The molecule has 1 aromatic carbocycles. The highest BCUT2D eigenvalue weighted by Gasteiger charge is 2.33. The molecule has 0 bridgehead atoms. The van der Waals surface area contributed by atoms with Gasteiger partial charge >= 0.3 is 11.9 Å². The van der Waals surface area contributed by atoms with Crippen LogP contribution in [0.2, 0.25) is 0 Å². The average Bonchev–Trinajstić information content (AvgIpc) is 2.93. The Hall–Kier alpha value is -2.41. The molecule has 1 saturated heterocycles. The summed E-state index contributed by atoms with van der Waals surface area (Å²) in [5.74, 6) is -1.64. The molecule has 1 aliphatic heterocycles. The van der Waals surface area contributed by atoms with Crippen LogP contribution in [0.3, 0.4) is 0 Å². The molecule has 174 valence electrons. The summed E-state index contributed by atoms with van der Waals surface area (Å²) in [7, 11) is 2.15. The first kappa shape index (κ1) is 26.6. The normalized spacial score (nSPS) is 18.8. The van der Waals surface area contributed by atoms with E-state index in [2.05, 4.69) is 44.1 Å². The number of rotatable bonds is 8. The Morgan fingerprint density at radius 1 is 1.16 bits per heavy atom. The van der Waals surface area contributed by atoms with Crippen LogP contribution in [0.1, 0.15) is 71.3 Å². The number of likely N-dealkylation sites (tertiary alicyclic amines) is 1. The number of esters is 1. The molecule has 0 aliphatic carbocycles. The summed E-state index contributed by atoms with van der Waals surface area (Å²) in [5.41, 5.74) is 1.22. The maximum absolute atomic E-state index is 12.1. The van der Waals surface area contributed by atoms with E-state index < -0.39 is 24.4 Å². The molecule has 0 aromatic heterocycles. The van der Waals surface area contributed by atoms with E-state index in [0.717, 1.165) is 25.9 Å². The summed E-state index contributed by atoms with van der Waals surface area (Å²) in [4.78, 5) is 36.4. The lowest BCUT2D eigenvalue weighted by Gasteiger charge is -2.35. The van der Waals surface area contributed by atoms with Gasteiger partial charge in [0.15, 0.2) is 0 Å². The fourth-order valence-electron chi connectivity index (χ4n) is 3.80. The number of likely N-dealkylation sites (N-methyl/N-ethyl adjacent to an activating group) is 1. The van der Waals surface area contributed by atoms with Crippen LogP contribution in [0.15, 0.2) is 24.3 Å². The fourth-order valence-corrected chi connectivity index (χ4v) is 3.80. The van der Waals surface area contributed by atoms with E-state index in [4.69, 9.17) is 9.84 Å². The molecule has 1 heterocycles. The number of carbonyl (C=O) groups excluding carboxylic acids is 2. The van der Waals surface area contributed by atoms with Gasteiger partial charge in [0.05, 0.1) is 6.42 Å². The van der Waals surface area contributed by atoms with Crippen LogP contribution in [0.4, 0.5) is 0 Å². The Bertz CT molecular complexity index is 722. The number of nitrogens with zero attached hydrogens (tertiary/aromatic N) is 1. The first-order valence-electron chi connectivity index (χ1n) is 11.2. The molecule has 1 unspecified atom stereocenters. The van der Waals surface area contributed by atoms with Crippen molar-refractivity contribution < 1.29 is 24.2 Å². The smallest absolute Gasteiger partial charge is 0.322 e. The molecule has 0 saturated carbocycles. The lowest BCUT2D eigenvalue weighted by Crippen LogP contribution is -2.37. The summed E-state index contributed by atoms with van der Waals surface area (Å²) in [6.07, 6.45) is 5.53. The van der Waals surface area contributed by atoms with Crippen molar-refractivity contribution in [2.75, 3.05) is 26.7 Å². The molecule has 0 radical (unpaired) electrons. The number of aliphatic carboxylic acids is 1. The summed E-state index contributed by atoms with van der Waals surface area (Å²) in [5, 5.41) is 10.8.